The molecule has 0 radical (unpaired) electrons. The molecule has 0 amide bonds. The number of nitrogens with zero attached hydrogens (tertiary/aromatic N) is 2. The maximum Gasteiger partial charge on any atom is 0.0755 e. The molecule has 2 heterocycles. The lowest BCUT2D eigenvalue weighted by atomic mass is 10.1. The van der Waals surface area contributed by atoms with Crippen LogP contribution in [0, 0.1) is 0 Å². The number of thiophene rings is 1. The molecule has 3 nitrogen and oxygen atoms in total. The Morgan fingerprint density at radius 1 is 1.44 bits per heavy atom. The van der Waals surface area contributed by atoms with E-state index < -0.39 is 0 Å². The minimum atomic E-state index is -0.291. The summed E-state index contributed by atoms with van der Waals surface area (Å²) in [4.78, 5) is 5.87. The lowest BCUT2D eigenvalue weighted by Crippen LogP contribution is -2.46. The van der Waals surface area contributed by atoms with E-state index in [0.717, 1.165) is 29.8 Å². The third-order valence-electron chi connectivity index (χ3n) is 3.60. The molecule has 18 heavy (non-hydrogen) atoms. The fraction of sp³-hybridized carbons (Fsp3) is 0.692. The summed E-state index contributed by atoms with van der Waals surface area (Å²) in [6.45, 7) is 3.14. The van der Waals surface area contributed by atoms with Crippen molar-refractivity contribution in [1.82, 2.24) is 9.80 Å². The first-order chi connectivity index (χ1) is 8.56. The Bertz CT molecular complexity index is 385. The number of rotatable bonds is 3. The van der Waals surface area contributed by atoms with Gasteiger partial charge in [-0.15, -0.1) is 11.3 Å². The van der Waals surface area contributed by atoms with E-state index in [2.05, 4.69) is 52.0 Å². The van der Waals surface area contributed by atoms with E-state index in [9.17, 15) is 5.11 Å². The molecule has 1 aliphatic heterocycles. The van der Waals surface area contributed by atoms with Crippen molar-refractivity contribution >= 4 is 27.3 Å². The molecule has 1 N–H and O–H groups in total. The summed E-state index contributed by atoms with van der Waals surface area (Å²) in [5.41, 5.74) is 0. The predicted molar refractivity (Wildman–Crippen MR) is 80.3 cm³/mol. The molecule has 1 aromatic heterocycles. The van der Waals surface area contributed by atoms with Gasteiger partial charge in [0.1, 0.15) is 0 Å². The van der Waals surface area contributed by atoms with Gasteiger partial charge >= 0.3 is 0 Å². The predicted octanol–water partition coefficient (Wildman–Crippen LogP) is 2.05. The Balaban J connectivity index is 1.99. The number of hydrogen-bond acceptors (Lipinski definition) is 4. The maximum atomic E-state index is 10.5. The van der Waals surface area contributed by atoms with Crippen LogP contribution in [0.1, 0.15) is 11.3 Å². The molecule has 0 saturated carbocycles. The lowest BCUT2D eigenvalue weighted by Gasteiger charge is -2.31. The second-order valence-corrected chi connectivity index (χ2v) is 7.69. The number of hydrogen-bond donors (Lipinski definition) is 1. The van der Waals surface area contributed by atoms with E-state index in [1.54, 1.807) is 11.3 Å². The van der Waals surface area contributed by atoms with Gasteiger partial charge in [-0.3, -0.25) is 4.90 Å². The van der Waals surface area contributed by atoms with Crippen molar-refractivity contribution in [2.24, 2.45) is 0 Å². The highest BCUT2D eigenvalue weighted by Gasteiger charge is 2.27. The Labute approximate surface area is 122 Å². The van der Waals surface area contributed by atoms with Gasteiger partial charge < -0.3 is 10.0 Å². The summed E-state index contributed by atoms with van der Waals surface area (Å²) < 4.78 is 1.14. The zero-order valence-electron chi connectivity index (χ0n) is 11.0. The van der Waals surface area contributed by atoms with Crippen LogP contribution in [0.5, 0.6) is 0 Å². The largest absolute Gasteiger partial charge is 0.391 e. The van der Waals surface area contributed by atoms with Gasteiger partial charge in [0.25, 0.3) is 0 Å². The molecule has 0 aliphatic carbocycles. The van der Waals surface area contributed by atoms with Crippen molar-refractivity contribution in [1.29, 1.82) is 0 Å². The topological polar surface area (TPSA) is 26.7 Å². The third kappa shape index (κ3) is 3.78. The van der Waals surface area contributed by atoms with Gasteiger partial charge in [0.15, 0.2) is 0 Å². The van der Waals surface area contributed by atoms with Crippen LogP contribution in [0.2, 0.25) is 0 Å². The fourth-order valence-corrected chi connectivity index (χ4v) is 4.06. The number of likely N-dealkylation sites (N-methyl/N-ethyl adjacent to an activating group) is 2. The molecular formula is C13H21BrN2OS. The smallest absolute Gasteiger partial charge is 0.0755 e. The minimum absolute atomic E-state index is 0.235. The van der Waals surface area contributed by atoms with E-state index in [0.29, 0.717) is 0 Å². The van der Waals surface area contributed by atoms with Gasteiger partial charge in [0, 0.05) is 23.9 Å². The Kier molecular flexibility index (Phi) is 5.21. The van der Waals surface area contributed by atoms with Crippen LogP contribution in [-0.4, -0.2) is 60.8 Å². The Hall–Kier alpha value is 0.0600. The summed E-state index contributed by atoms with van der Waals surface area (Å²) in [7, 11) is 4.26. The van der Waals surface area contributed by atoms with E-state index >= 15 is 0 Å². The summed E-state index contributed by atoms with van der Waals surface area (Å²) in [6.07, 6.45) is 1.64. The van der Waals surface area contributed by atoms with Crippen molar-refractivity contribution in [3.8, 4) is 0 Å². The highest BCUT2D eigenvalue weighted by molar-refractivity contribution is 9.11. The molecule has 2 unspecified atom stereocenters. The number of aliphatic hydroxyl groups is 1. The quantitative estimate of drug-likeness (QED) is 0.917. The number of halogens is 1. The molecule has 2 atom stereocenters. The molecule has 102 valence electrons. The first kappa shape index (κ1) is 14.5. The summed E-state index contributed by atoms with van der Waals surface area (Å²) in [5, 5.41) is 10.5. The van der Waals surface area contributed by atoms with Gasteiger partial charge in [-0.25, -0.2) is 0 Å². The van der Waals surface area contributed by atoms with E-state index in [1.165, 1.54) is 11.3 Å². The van der Waals surface area contributed by atoms with Crippen molar-refractivity contribution in [2.75, 3.05) is 33.7 Å². The number of aliphatic hydroxyl groups excluding tert-OH is 1. The van der Waals surface area contributed by atoms with Crippen LogP contribution < -0.4 is 0 Å². The average molecular weight is 333 g/mol. The van der Waals surface area contributed by atoms with Gasteiger partial charge in [0.05, 0.1) is 9.89 Å². The second-order valence-electron chi connectivity index (χ2n) is 5.14. The van der Waals surface area contributed by atoms with Gasteiger partial charge in [0.2, 0.25) is 0 Å². The summed E-state index contributed by atoms with van der Waals surface area (Å²) >= 11 is 5.18. The Morgan fingerprint density at radius 3 is 2.89 bits per heavy atom. The summed E-state index contributed by atoms with van der Waals surface area (Å²) in [5.74, 6) is 0. The first-order valence-electron chi connectivity index (χ1n) is 6.37. The monoisotopic (exact) mass is 332 g/mol. The molecule has 0 spiro atoms. The standard InChI is InChI=1S/C13H21BrN2OS/c1-15-6-3-7-16(2)11(9-15)12(17)8-10-4-5-13(14)18-10/h4-5,11-12,17H,3,6-9H2,1-2H3. The second kappa shape index (κ2) is 6.48. The van der Waals surface area contributed by atoms with E-state index in [4.69, 9.17) is 0 Å². The van der Waals surface area contributed by atoms with Crippen LogP contribution in [0.25, 0.3) is 0 Å². The molecule has 0 aromatic carbocycles. The van der Waals surface area contributed by atoms with Crippen LogP contribution in [0.4, 0.5) is 0 Å². The molecular weight excluding hydrogens is 312 g/mol. The zero-order chi connectivity index (χ0) is 13.1. The highest BCUT2D eigenvalue weighted by atomic mass is 79.9. The van der Waals surface area contributed by atoms with Crippen molar-refractivity contribution in [2.45, 2.75) is 25.0 Å². The van der Waals surface area contributed by atoms with Crippen LogP contribution >= 0.6 is 27.3 Å². The van der Waals surface area contributed by atoms with Crippen LogP contribution in [-0.2, 0) is 6.42 Å². The summed E-state index contributed by atoms with van der Waals surface area (Å²) in [6, 6.07) is 4.38. The average Bonchev–Trinajstić information content (AvgIpc) is 2.62. The van der Waals surface area contributed by atoms with Crippen LogP contribution in [0.15, 0.2) is 15.9 Å². The Morgan fingerprint density at radius 2 is 2.22 bits per heavy atom. The normalized spacial score (nSPS) is 25.0. The molecule has 1 aromatic rings. The highest BCUT2D eigenvalue weighted by Crippen LogP contribution is 2.24. The molecule has 0 bridgehead atoms. The first-order valence-corrected chi connectivity index (χ1v) is 7.98. The SMILES string of the molecule is CN1CCCN(C)C(C(O)Cc2ccc(Br)s2)C1. The van der Waals surface area contributed by atoms with E-state index in [1.807, 2.05) is 0 Å². The molecule has 1 aliphatic rings. The maximum absolute atomic E-state index is 10.5. The molecule has 5 heteroatoms. The van der Waals surface area contributed by atoms with Gasteiger partial charge in [-0.2, -0.15) is 0 Å². The lowest BCUT2D eigenvalue weighted by molar-refractivity contribution is 0.0586. The third-order valence-corrected chi connectivity index (χ3v) is 5.24. The van der Waals surface area contributed by atoms with Crippen molar-refractivity contribution in [3.63, 3.8) is 0 Å². The van der Waals surface area contributed by atoms with Gasteiger partial charge in [-0.05, 0) is 61.7 Å². The van der Waals surface area contributed by atoms with Gasteiger partial charge in [-0.1, -0.05) is 0 Å². The minimum Gasteiger partial charge on any atom is -0.391 e. The van der Waals surface area contributed by atoms with E-state index in [-0.39, 0.29) is 12.1 Å². The zero-order valence-corrected chi connectivity index (χ0v) is 13.4. The van der Waals surface area contributed by atoms with Crippen molar-refractivity contribution in [3.05, 3.63) is 20.8 Å². The van der Waals surface area contributed by atoms with Crippen LogP contribution in [0.3, 0.4) is 0 Å². The fourth-order valence-electron chi connectivity index (χ4n) is 2.52. The molecule has 2 rings (SSSR count). The van der Waals surface area contributed by atoms with Crippen molar-refractivity contribution < 1.29 is 5.11 Å². The molecule has 1 fully saturated rings. The molecule has 1 saturated heterocycles.